The first-order valence-corrected chi connectivity index (χ1v) is 16.9. The zero-order valence-corrected chi connectivity index (χ0v) is 26.7. The van der Waals surface area contributed by atoms with Crippen LogP contribution in [0.2, 0.25) is 10.0 Å². The van der Waals surface area contributed by atoms with Crippen molar-refractivity contribution in [2.24, 2.45) is 0 Å². The Bertz CT molecular complexity index is 1760. The first kappa shape index (κ1) is 30.5. The van der Waals surface area contributed by atoms with Crippen LogP contribution >= 0.6 is 23.2 Å². The van der Waals surface area contributed by atoms with Crippen molar-refractivity contribution in [1.29, 1.82) is 0 Å². The summed E-state index contributed by atoms with van der Waals surface area (Å²) in [4.78, 5) is 20.5. The number of benzene rings is 4. The van der Waals surface area contributed by atoms with Crippen LogP contribution in [-0.4, -0.2) is 71.1 Å². The zero-order chi connectivity index (χ0) is 30.8. The van der Waals surface area contributed by atoms with E-state index in [1.54, 1.807) is 36.4 Å². The molecule has 0 aromatic heterocycles. The number of piperazine rings is 2. The number of hydrogen-bond donors (Lipinski definition) is 1. The molecule has 228 valence electrons. The summed E-state index contributed by atoms with van der Waals surface area (Å²) in [5.74, 6) is 0.0589. The first-order valence-electron chi connectivity index (χ1n) is 14.7. The lowest BCUT2D eigenvalue weighted by molar-refractivity contribution is -0.133. The molecule has 0 radical (unpaired) electrons. The Morgan fingerprint density at radius 2 is 1.45 bits per heavy atom. The number of aryl methyl sites for hydroxylation is 1. The number of anilines is 2. The SMILES string of the molecule is Cc1cc(S(=O)(=O)c2ccc(-c3ccccc3)cc2)ccc1N1CCNCC1C(=O)N1CCN(c2cc(Cl)ccc2Cl)CC1. The molecule has 10 heteroatoms. The second-order valence-electron chi connectivity index (χ2n) is 11.2. The van der Waals surface area contributed by atoms with Gasteiger partial charge in [-0.15, -0.1) is 0 Å². The van der Waals surface area contributed by atoms with Crippen molar-refractivity contribution in [3.05, 3.63) is 107 Å². The van der Waals surface area contributed by atoms with Gasteiger partial charge in [-0.1, -0.05) is 65.7 Å². The van der Waals surface area contributed by atoms with Crippen LogP contribution in [0, 0.1) is 6.92 Å². The molecule has 1 unspecified atom stereocenters. The summed E-state index contributed by atoms with van der Waals surface area (Å²) in [6.07, 6.45) is 0. The lowest BCUT2D eigenvalue weighted by atomic mass is 10.1. The fourth-order valence-corrected chi connectivity index (χ4v) is 7.78. The van der Waals surface area contributed by atoms with Crippen molar-refractivity contribution in [1.82, 2.24) is 10.2 Å². The van der Waals surface area contributed by atoms with Gasteiger partial charge in [-0.25, -0.2) is 8.42 Å². The quantitative estimate of drug-likeness (QED) is 0.280. The number of rotatable bonds is 6. The largest absolute Gasteiger partial charge is 0.367 e. The average molecular weight is 650 g/mol. The lowest BCUT2D eigenvalue weighted by Crippen LogP contribution is -2.61. The minimum atomic E-state index is -3.72. The second kappa shape index (κ2) is 12.8. The zero-order valence-electron chi connectivity index (χ0n) is 24.4. The summed E-state index contributed by atoms with van der Waals surface area (Å²) < 4.78 is 27.1. The molecule has 2 fully saturated rings. The van der Waals surface area contributed by atoms with Crippen LogP contribution in [0.25, 0.3) is 11.1 Å². The molecular weight excluding hydrogens is 615 g/mol. The van der Waals surface area contributed by atoms with Crippen molar-refractivity contribution in [3.8, 4) is 11.1 Å². The van der Waals surface area contributed by atoms with Crippen LogP contribution in [0.5, 0.6) is 0 Å². The summed E-state index contributed by atoms with van der Waals surface area (Å²) in [5, 5.41) is 4.64. The highest BCUT2D eigenvalue weighted by molar-refractivity contribution is 7.91. The molecule has 6 rings (SSSR count). The van der Waals surface area contributed by atoms with Gasteiger partial charge in [-0.05, 0) is 72.1 Å². The molecule has 2 saturated heterocycles. The number of halogens is 2. The van der Waals surface area contributed by atoms with Crippen molar-refractivity contribution < 1.29 is 13.2 Å². The molecule has 7 nitrogen and oxygen atoms in total. The van der Waals surface area contributed by atoms with Gasteiger partial charge in [0.1, 0.15) is 6.04 Å². The molecule has 4 aromatic rings. The van der Waals surface area contributed by atoms with Crippen LogP contribution in [0.1, 0.15) is 5.56 Å². The van der Waals surface area contributed by atoms with Crippen molar-refractivity contribution in [3.63, 3.8) is 0 Å². The van der Waals surface area contributed by atoms with Gasteiger partial charge in [0.05, 0.1) is 20.5 Å². The van der Waals surface area contributed by atoms with Gasteiger partial charge in [0, 0.05) is 56.5 Å². The maximum atomic E-state index is 13.8. The molecule has 2 aliphatic heterocycles. The normalized spacial score (nSPS) is 17.5. The van der Waals surface area contributed by atoms with Crippen LogP contribution in [-0.2, 0) is 14.6 Å². The van der Waals surface area contributed by atoms with Gasteiger partial charge in [0.25, 0.3) is 0 Å². The number of carbonyl (C=O) groups excluding carboxylic acids is 1. The Hall–Kier alpha value is -3.56. The van der Waals surface area contributed by atoms with Gasteiger partial charge in [0.15, 0.2) is 0 Å². The Labute approximate surface area is 268 Å². The summed E-state index contributed by atoms with van der Waals surface area (Å²) in [5.41, 5.74) is 4.55. The molecule has 1 N–H and O–H groups in total. The van der Waals surface area contributed by atoms with Crippen molar-refractivity contribution >= 4 is 50.3 Å². The third-order valence-corrected chi connectivity index (χ3v) is 10.8. The van der Waals surface area contributed by atoms with E-state index in [0.29, 0.717) is 49.3 Å². The summed E-state index contributed by atoms with van der Waals surface area (Å²) in [6.45, 7) is 6.26. The minimum absolute atomic E-state index is 0.0589. The molecule has 4 aromatic carbocycles. The summed E-state index contributed by atoms with van der Waals surface area (Å²) >= 11 is 12.6. The predicted octanol–water partition coefficient (Wildman–Crippen LogP) is 5.93. The van der Waals surface area contributed by atoms with E-state index in [2.05, 4.69) is 15.1 Å². The number of nitrogens with one attached hydrogen (secondary N) is 1. The highest BCUT2D eigenvalue weighted by atomic mass is 35.5. The van der Waals surface area contributed by atoms with E-state index in [1.165, 1.54) is 0 Å². The van der Waals surface area contributed by atoms with Gasteiger partial charge >= 0.3 is 0 Å². The number of nitrogens with zero attached hydrogens (tertiary/aromatic N) is 3. The van der Waals surface area contributed by atoms with Crippen LogP contribution in [0.4, 0.5) is 11.4 Å². The molecule has 44 heavy (non-hydrogen) atoms. The van der Waals surface area contributed by atoms with E-state index in [9.17, 15) is 13.2 Å². The van der Waals surface area contributed by atoms with Crippen molar-refractivity contribution in [2.75, 3.05) is 55.6 Å². The Kier molecular flexibility index (Phi) is 8.87. The average Bonchev–Trinajstić information content (AvgIpc) is 3.06. The van der Waals surface area contributed by atoms with Crippen molar-refractivity contribution in [2.45, 2.75) is 22.8 Å². The topological polar surface area (TPSA) is 73.0 Å². The highest BCUT2D eigenvalue weighted by Crippen LogP contribution is 2.32. The van der Waals surface area contributed by atoms with Gasteiger partial charge < -0.3 is 20.0 Å². The maximum Gasteiger partial charge on any atom is 0.246 e. The molecule has 0 spiro atoms. The number of sulfone groups is 1. The first-order chi connectivity index (χ1) is 21.2. The second-order valence-corrected chi connectivity index (χ2v) is 14.0. The molecular formula is C34H34Cl2N4O3S. The molecule has 0 aliphatic carbocycles. The molecule has 0 saturated carbocycles. The third-order valence-electron chi connectivity index (χ3n) is 8.43. The Morgan fingerprint density at radius 1 is 0.773 bits per heavy atom. The standard InChI is InChI=1S/C34H34Cl2N4O3S/c1-24-21-29(44(42,43)28-10-7-26(8-11-28)25-5-3-2-4-6-25)12-14-31(24)40-16-15-37-23-33(40)34(41)39-19-17-38(18-20-39)32-22-27(35)9-13-30(32)36/h2-14,21-22,33,37H,15-20,23H2,1H3. The Balaban J connectivity index is 1.17. The molecule has 1 atom stereocenters. The van der Waals surface area contributed by atoms with Gasteiger partial charge in [-0.2, -0.15) is 0 Å². The minimum Gasteiger partial charge on any atom is -0.367 e. The maximum absolute atomic E-state index is 13.8. The predicted molar refractivity (Wildman–Crippen MR) is 178 cm³/mol. The lowest BCUT2D eigenvalue weighted by Gasteiger charge is -2.43. The van der Waals surface area contributed by atoms with Gasteiger partial charge in [-0.3, -0.25) is 4.79 Å². The van der Waals surface area contributed by atoms with E-state index in [-0.39, 0.29) is 15.7 Å². The van der Waals surface area contributed by atoms with Crippen LogP contribution < -0.4 is 15.1 Å². The number of carbonyl (C=O) groups is 1. The molecule has 2 heterocycles. The van der Waals surface area contributed by atoms with E-state index in [1.807, 2.05) is 66.4 Å². The fraction of sp³-hybridized carbons (Fsp3) is 0.265. The van der Waals surface area contributed by atoms with Gasteiger partial charge in [0.2, 0.25) is 15.7 Å². The highest BCUT2D eigenvalue weighted by Gasteiger charge is 2.34. The van der Waals surface area contributed by atoms with E-state index in [0.717, 1.165) is 34.6 Å². The summed E-state index contributed by atoms with van der Waals surface area (Å²) in [7, 11) is -3.72. The van der Waals surface area contributed by atoms with Crippen LogP contribution in [0.3, 0.4) is 0 Å². The van der Waals surface area contributed by atoms with E-state index >= 15 is 0 Å². The monoisotopic (exact) mass is 648 g/mol. The fourth-order valence-electron chi connectivity index (χ4n) is 6.03. The molecule has 1 amide bonds. The third kappa shape index (κ3) is 6.17. The smallest absolute Gasteiger partial charge is 0.246 e. The number of amides is 1. The van der Waals surface area contributed by atoms with E-state index < -0.39 is 15.9 Å². The van der Waals surface area contributed by atoms with Crippen LogP contribution in [0.15, 0.2) is 101 Å². The van der Waals surface area contributed by atoms with E-state index in [4.69, 9.17) is 23.2 Å². The number of hydrogen-bond acceptors (Lipinski definition) is 6. The molecule has 2 aliphatic rings. The summed E-state index contributed by atoms with van der Waals surface area (Å²) in [6, 6.07) is 27.1. The Morgan fingerprint density at radius 3 is 2.16 bits per heavy atom. The molecule has 0 bridgehead atoms.